The average molecular weight is 374 g/mol. The Morgan fingerprint density at radius 1 is 1.41 bits per heavy atom. The largest absolute Gasteiger partial charge is 0.481 e. The molecule has 2 aromatic rings. The summed E-state index contributed by atoms with van der Waals surface area (Å²) in [6.45, 7) is 2.73. The number of carbonyl (C=O) groups is 2. The van der Waals surface area contributed by atoms with Crippen molar-refractivity contribution in [2.45, 2.75) is 32.6 Å². The monoisotopic (exact) mass is 374 g/mol. The van der Waals surface area contributed by atoms with E-state index in [1.165, 1.54) is 17.0 Å². The van der Waals surface area contributed by atoms with Crippen LogP contribution in [0, 0.1) is 11.7 Å². The Balaban J connectivity index is 1.80. The summed E-state index contributed by atoms with van der Waals surface area (Å²) < 4.78 is 15.2. The molecular formula is C19H23FN4O3. The lowest BCUT2D eigenvalue weighted by Crippen LogP contribution is -2.44. The predicted molar refractivity (Wildman–Crippen MR) is 98.5 cm³/mol. The summed E-state index contributed by atoms with van der Waals surface area (Å²) in [6, 6.07) is 5.78. The van der Waals surface area contributed by atoms with Gasteiger partial charge >= 0.3 is 12.0 Å². The minimum absolute atomic E-state index is 0.197. The van der Waals surface area contributed by atoms with Crippen LogP contribution >= 0.6 is 0 Å². The third-order valence-corrected chi connectivity index (χ3v) is 4.71. The molecule has 3 rings (SSSR count). The van der Waals surface area contributed by atoms with Gasteiger partial charge in [-0.25, -0.2) is 13.9 Å². The number of carboxylic acids is 1. The number of rotatable bonds is 5. The molecular weight excluding hydrogens is 351 g/mol. The van der Waals surface area contributed by atoms with E-state index in [0.29, 0.717) is 37.2 Å². The van der Waals surface area contributed by atoms with Gasteiger partial charge < -0.3 is 15.3 Å². The van der Waals surface area contributed by atoms with Crippen LogP contribution < -0.4 is 5.32 Å². The third kappa shape index (κ3) is 4.27. The highest BCUT2D eigenvalue weighted by atomic mass is 19.1. The molecule has 7 nitrogen and oxygen atoms in total. The lowest BCUT2D eigenvalue weighted by molar-refractivity contribution is -0.143. The van der Waals surface area contributed by atoms with Gasteiger partial charge in [-0.2, -0.15) is 5.10 Å². The number of carbonyl (C=O) groups excluding carboxylic acids is 1. The summed E-state index contributed by atoms with van der Waals surface area (Å²) in [4.78, 5) is 25.3. The lowest BCUT2D eigenvalue weighted by Gasteiger charge is -2.30. The van der Waals surface area contributed by atoms with Gasteiger partial charge in [0.25, 0.3) is 0 Å². The van der Waals surface area contributed by atoms with E-state index >= 15 is 0 Å². The van der Waals surface area contributed by atoms with Crippen molar-refractivity contribution in [3.63, 3.8) is 0 Å². The first-order chi connectivity index (χ1) is 13.0. The van der Waals surface area contributed by atoms with E-state index in [1.54, 1.807) is 23.0 Å². The average Bonchev–Trinajstić information content (AvgIpc) is 3.04. The Hall–Kier alpha value is -2.90. The van der Waals surface area contributed by atoms with Crippen molar-refractivity contribution in [2.24, 2.45) is 5.92 Å². The summed E-state index contributed by atoms with van der Waals surface area (Å²) in [5.74, 6) is -1.77. The molecule has 0 saturated carbocycles. The van der Waals surface area contributed by atoms with Gasteiger partial charge in [0, 0.05) is 13.1 Å². The van der Waals surface area contributed by atoms with Crippen LogP contribution in [-0.4, -0.2) is 44.9 Å². The quantitative estimate of drug-likeness (QED) is 0.841. The maximum atomic E-state index is 13.6. The molecule has 2 N–H and O–H groups in total. The van der Waals surface area contributed by atoms with E-state index in [2.05, 4.69) is 10.4 Å². The fraction of sp³-hybridized carbons (Fsp3) is 0.421. The Kier molecular flexibility index (Phi) is 5.73. The molecule has 1 saturated heterocycles. The first-order valence-corrected chi connectivity index (χ1v) is 9.11. The third-order valence-electron chi connectivity index (χ3n) is 4.71. The number of amides is 2. The number of nitrogens with one attached hydrogen (secondary N) is 1. The second-order valence-corrected chi connectivity index (χ2v) is 6.70. The van der Waals surface area contributed by atoms with Crippen molar-refractivity contribution in [2.75, 3.05) is 18.4 Å². The van der Waals surface area contributed by atoms with Crippen molar-refractivity contribution < 1.29 is 19.1 Å². The Bertz CT molecular complexity index is 836. The first-order valence-electron chi connectivity index (χ1n) is 9.11. The van der Waals surface area contributed by atoms with Crippen LogP contribution in [0.1, 0.15) is 31.9 Å². The zero-order valence-electron chi connectivity index (χ0n) is 15.2. The van der Waals surface area contributed by atoms with Gasteiger partial charge in [-0.1, -0.05) is 19.4 Å². The molecule has 1 aliphatic rings. The zero-order chi connectivity index (χ0) is 19.4. The number of urea groups is 1. The van der Waals surface area contributed by atoms with Crippen LogP contribution in [0.15, 0.2) is 30.5 Å². The summed E-state index contributed by atoms with van der Waals surface area (Å²) >= 11 is 0. The van der Waals surface area contributed by atoms with Gasteiger partial charge in [0.05, 0.1) is 29.2 Å². The molecule has 0 aliphatic carbocycles. The minimum Gasteiger partial charge on any atom is -0.481 e. The molecule has 1 atom stereocenters. The molecule has 2 amide bonds. The van der Waals surface area contributed by atoms with E-state index in [9.17, 15) is 19.1 Å². The van der Waals surface area contributed by atoms with Crippen molar-refractivity contribution >= 4 is 17.7 Å². The summed E-state index contributed by atoms with van der Waals surface area (Å²) in [6.07, 6.45) is 4.28. The Morgan fingerprint density at radius 2 is 2.22 bits per heavy atom. The van der Waals surface area contributed by atoms with E-state index in [-0.39, 0.29) is 18.4 Å². The van der Waals surface area contributed by atoms with Crippen LogP contribution in [0.25, 0.3) is 5.69 Å². The fourth-order valence-electron chi connectivity index (χ4n) is 3.34. The fourth-order valence-corrected chi connectivity index (χ4v) is 3.34. The standard InChI is InChI=1S/C19H23FN4O3/c1-2-5-17-16(11-21-24(17)15-8-3-7-14(20)10-15)22-19(27)23-9-4-6-13(12-23)18(25)26/h3,7-8,10-11,13H,2,4-6,9,12H2,1H3,(H,22,27)(H,25,26). The summed E-state index contributed by atoms with van der Waals surface area (Å²) in [5.41, 5.74) is 1.93. The lowest BCUT2D eigenvalue weighted by atomic mass is 9.99. The zero-order valence-corrected chi connectivity index (χ0v) is 15.2. The minimum atomic E-state index is -0.877. The van der Waals surface area contributed by atoms with E-state index in [0.717, 1.165) is 12.1 Å². The number of anilines is 1. The maximum Gasteiger partial charge on any atom is 0.321 e. The topological polar surface area (TPSA) is 87.5 Å². The molecule has 0 radical (unpaired) electrons. The van der Waals surface area contributed by atoms with Crippen molar-refractivity contribution in [3.8, 4) is 5.69 Å². The van der Waals surface area contributed by atoms with Crippen molar-refractivity contribution in [1.29, 1.82) is 0 Å². The number of piperidine rings is 1. The number of halogens is 1. The van der Waals surface area contributed by atoms with Gasteiger partial charge in [0.15, 0.2) is 0 Å². The van der Waals surface area contributed by atoms with Crippen LogP contribution in [0.3, 0.4) is 0 Å². The van der Waals surface area contributed by atoms with Crippen LogP contribution in [0.2, 0.25) is 0 Å². The SMILES string of the molecule is CCCc1c(NC(=O)N2CCCC(C(=O)O)C2)cnn1-c1cccc(F)c1. The smallest absolute Gasteiger partial charge is 0.321 e. The molecule has 8 heteroatoms. The molecule has 1 aromatic heterocycles. The molecule has 1 fully saturated rings. The second-order valence-electron chi connectivity index (χ2n) is 6.70. The molecule has 1 unspecified atom stereocenters. The molecule has 2 heterocycles. The number of likely N-dealkylation sites (tertiary alicyclic amines) is 1. The number of nitrogens with zero attached hydrogens (tertiary/aromatic N) is 3. The van der Waals surface area contributed by atoms with Gasteiger partial charge in [-0.15, -0.1) is 0 Å². The number of hydrogen-bond acceptors (Lipinski definition) is 3. The first kappa shape index (κ1) is 18.9. The molecule has 1 aromatic carbocycles. The van der Waals surface area contributed by atoms with E-state index in [4.69, 9.17) is 0 Å². The van der Waals surface area contributed by atoms with E-state index in [1.807, 2.05) is 6.92 Å². The number of carboxylic acid groups (broad SMARTS) is 1. The number of benzene rings is 1. The van der Waals surface area contributed by atoms with Gasteiger partial charge in [-0.3, -0.25) is 4.79 Å². The number of aliphatic carboxylic acids is 1. The van der Waals surface area contributed by atoms with E-state index < -0.39 is 11.9 Å². The van der Waals surface area contributed by atoms with Crippen LogP contribution in [0.5, 0.6) is 0 Å². The second kappa shape index (κ2) is 8.20. The number of hydrogen-bond donors (Lipinski definition) is 2. The van der Waals surface area contributed by atoms with Crippen molar-refractivity contribution in [3.05, 3.63) is 42.0 Å². The Labute approximate surface area is 156 Å². The van der Waals surface area contributed by atoms with Gasteiger partial charge in [0.2, 0.25) is 0 Å². The molecule has 0 bridgehead atoms. The molecule has 27 heavy (non-hydrogen) atoms. The summed E-state index contributed by atoms with van der Waals surface area (Å²) in [7, 11) is 0. The normalized spacial score (nSPS) is 17.0. The maximum absolute atomic E-state index is 13.6. The predicted octanol–water partition coefficient (Wildman–Crippen LogP) is 3.29. The molecule has 1 aliphatic heterocycles. The van der Waals surface area contributed by atoms with Crippen LogP contribution in [0.4, 0.5) is 14.9 Å². The van der Waals surface area contributed by atoms with Gasteiger partial charge in [-0.05, 0) is 37.5 Å². The summed E-state index contributed by atoms with van der Waals surface area (Å²) in [5, 5.41) is 16.3. The van der Waals surface area contributed by atoms with Crippen LogP contribution in [-0.2, 0) is 11.2 Å². The van der Waals surface area contributed by atoms with Gasteiger partial charge in [0.1, 0.15) is 5.82 Å². The number of aromatic nitrogens is 2. The molecule has 144 valence electrons. The highest BCUT2D eigenvalue weighted by molar-refractivity contribution is 5.90. The van der Waals surface area contributed by atoms with Crippen molar-refractivity contribution in [1.82, 2.24) is 14.7 Å². The highest BCUT2D eigenvalue weighted by Gasteiger charge is 2.28. The molecule has 0 spiro atoms. The Morgan fingerprint density at radius 3 is 2.93 bits per heavy atom. The highest BCUT2D eigenvalue weighted by Crippen LogP contribution is 2.23.